The van der Waals surface area contributed by atoms with Gasteiger partial charge in [-0.05, 0) is 25.7 Å². The van der Waals surface area contributed by atoms with Gasteiger partial charge in [-0.3, -0.25) is 4.79 Å². The maximum Gasteiger partial charge on any atom is 0.240 e. The van der Waals surface area contributed by atoms with E-state index >= 15 is 0 Å². The Labute approximate surface area is 102 Å². The van der Waals surface area contributed by atoms with Crippen LogP contribution in [0.25, 0.3) is 0 Å². The standard InChI is InChI=1S/C12H22N2O3/c1-2-12(7-15,8-16)14-6-5-10(11(14)17)13-9-3-4-9/h9-10,13,15-16H,2-8H2,1H3. The van der Waals surface area contributed by atoms with Crippen molar-refractivity contribution in [1.29, 1.82) is 0 Å². The van der Waals surface area contributed by atoms with Crippen molar-refractivity contribution in [1.82, 2.24) is 10.2 Å². The molecule has 0 aromatic rings. The predicted octanol–water partition coefficient (Wildman–Crippen LogP) is -0.527. The van der Waals surface area contributed by atoms with Crippen molar-refractivity contribution < 1.29 is 15.0 Å². The molecule has 1 amide bonds. The number of aliphatic hydroxyl groups excluding tert-OH is 2. The molecular weight excluding hydrogens is 220 g/mol. The van der Waals surface area contributed by atoms with Crippen LogP contribution >= 0.6 is 0 Å². The Hall–Kier alpha value is -0.650. The van der Waals surface area contributed by atoms with E-state index in [1.807, 2.05) is 6.92 Å². The molecule has 5 heteroatoms. The van der Waals surface area contributed by atoms with Gasteiger partial charge in [0.15, 0.2) is 0 Å². The van der Waals surface area contributed by atoms with Gasteiger partial charge in [-0.25, -0.2) is 0 Å². The number of nitrogens with zero attached hydrogens (tertiary/aromatic N) is 1. The Morgan fingerprint density at radius 3 is 2.47 bits per heavy atom. The molecule has 0 bridgehead atoms. The number of likely N-dealkylation sites (tertiary alicyclic amines) is 1. The average Bonchev–Trinajstić information content (AvgIpc) is 3.10. The summed E-state index contributed by atoms with van der Waals surface area (Å²) in [5.41, 5.74) is -0.781. The zero-order valence-corrected chi connectivity index (χ0v) is 10.4. The molecule has 3 N–H and O–H groups in total. The van der Waals surface area contributed by atoms with Crippen molar-refractivity contribution in [3.05, 3.63) is 0 Å². The molecule has 0 spiro atoms. The zero-order valence-electron chi connectivity index (χ0n) is 10.4. The minimum Gasteiger partial charge on any atom is -0.394 e. The molecule has 17 heavy (non-hydrogen) atoms. The van der Waals surface area contributed by atoms with E-state index in [4.69, 9.17) is 0 Å². The SMILES string of the molecule is CCC(CO)(CO)N1CCC(NC2CC2)C1=O. The molecule has 0 aromatic heterocycles. The van der Waals surface area contributed by atoms with Crippen LogP contribution < -0.4 is 5.32 Å². The van der Waals surface area contributed by atoms with Crippen molar-refractivity contribution in [2.75, 3.05) is 19.8 Å². The Bertz CT molecular complexity index is 279. The molecule has 5 nitrogen and oxygen atoms in total. The van der Waals surface area contributed by atoms with Crippen LogP contribution in [0.5, 0.6) is 0 Å². The molecule has 1 heterocycles. The Kier molecular flexibility index (Phi) is 3.70. The molecule has 2 rings (SSSR count). The highest BCUT2D eigenvalue weighted by Gasteiger charge is 2.44. The lowest BCUT2D eigenvalue weighted by Crippen LogP contribution is -2.56. The van der Waals surface area contributed by atoms with Crippen LogP contribution in [0.15, 0.2) is 0 Å². The first-order valence-electron chi connectivity index (χ1n) is 6.46. The van der Waals surface area contributed by atoms with E-state index in [9.17, 15) is 15.0 Å². The fourth-order valence-electron chi connectivity index (χ4n) is 2.48. The largest absolute Gasteiger partial charge is 0.394 e. The van der Waals surface area contributed by atoms with Gasteiger partial charge in [0.1, 0.15) is 0 Å². The highest BCUT2D eigenvalue weighted by atomic mass is 16.3. The fourth-order valence-corrected chi connectivity index (χ4v) is 2.48. The zero-order chi connectivity index (χ0) is 12.5. The van der Waals surface area contributed by atoms with E-state index in [1.165, 1.54) is 0 Å². The topological polar surface area (TPSA) is 72.8 Å². The summed E-state index contributed by atoms with van der Waals surface area (Å²) in [6.07, 6.45) is 3.66. The summed E-state index contributed by atoms with van der Waals surface area (Å²) in [6.45, 7) is 2.16. The number of amides is 1. The Balaban J connectivity index is 2.03. The summed E-state index contributed by atoms with van der Waals surface area (Å²) in [5.74, 6) is 0.0295. The molecular formula is C12H22N2O3. The van der Waals surface area contributed by atoms with Gasteiger partial charge < -0.3 is 20.4 Å². The second-order valence-corrected chi connectivity index (χ2v) is 5.17. The van der Waals surface area contributed by atoms with Crippen LogP contribution in [0.4, 0.5) is 0 Å². The van der Waals surface area contributed by atoms with Crippen molar-refractivity contribution in [2.45, 2.75) is 50.2 Å². The third-order valence-electron chi connectivity index (χ3n) is 4.04. The first kappa shape index (κ1) is 12.8. The van der Waals surface area contributed by atoms with Gasteiger partial charge >= 0.3 is 0 Å². The number of nitrogens with one attached hydrogen (secondary N) is 1. The van der Waals surface area contributed by atoms with E-state index in [1.54, 1.807) is 4.90 Å². The Morgan fingerprint density at radius 1 is 1.35 bits per heavy atom. The van der Waals surface area contributed by atoms with Crippen LogP contribution in [-0.4, -0.2) is 58.4 Å². The lowest BCUT2D eigenvalue weighted by atomic mass is 9.96. The van der Waals surface area contributed by atoms with Crippen molar-refractivity contribution in [3.63, 3.8) is 0 Å². The molecule has 0 radical (unpaired) electrons. The molecule has 1 aliphatic heterocycles. The summed E-state index contributed by atoms with van der Waals surface area (Å²) in [4.78, 5) is 13.9. The van der Waals surface area contributed by atoms with Gasteiger partial charge in [0.05, 0.1) is 24.8 Å². The molecule has 2 fully saturated rings. The first-order chi connectivity index (χ1) is 8.16. The number of carbonyl (C=O) groups is 1. The number of rotatable bonds is 6. The third-order valence-corrected chi connectivity index (χ3v) is 4.04. The summed E-state index contributed by atoms with van der Waals surface area (Å²) in [7, 11) is 0. The van der Waals surface area contributed by atoms with Crippen LogP contribution in [0.3, 0.4) is 0 Å². The van der Waals surface area contributed by atoms with Crippen LogP contribution in [0.1, 0.15) is 32.6 Å². The van der Waals surface area contributed by atoms with E-state index in [-0.39, 0.29) is 25.2 Å². The van der Waals surface area contributed by atoms with Gasteiger partial charge in [0, 0.05) is 12.6 Å². The number of aliphatic hydroxyl groups is 2. The second-order valence-electron chi connectivity index (χ2n) is 5.17. The summed E-state index contributed by atoms with van der Waals surface area (Å²) in [5, 5.41) is 22.2. The predicted molar refractivity (Wildman–Crippen MR) is 63.5 cm³/mol. The molecule has 98 valence electrons. The quantitative estimate of drug-likeness (QED) is 0.585. The smallest absolute Gasteiger partial charge is 0.240 e. The van der Waals surface area contributed by atoms with Crippen LogP contribution in [0.2, 0.25) is 0 Å². The summed E-state index contributed by atoms with van der Waals surface area (Å²) < 4.78 is 0. The lowest BCUT2D eigenvalue weighted by molar-refractivity contribution is -0.139. The van der Waals surface area contributed by atoms with Crippen molar-refractivity contribution >= 4 is 5.91 Å². The van der Waals surface area contributed by atoms with E-state index in [2.05, 4.69) is 5.32 Å². The normalized spacial score (nSPS) is 25.7. The highest BCUT2D eigenvalue weighted by Crippen LogP contribution is 2.28. The molecule has 1 atom stereocenters. The van der Waals surface area contributed by atoms with Gasteiger partial charge in [-0.15, -0.1) is 0 Å². The van der Waals surface area contributed by atoms with Crippen LogP contribution in [-0.2, 0) is 4.79 Å². The lowest BCUT2D eigenvalue weighted by Gasteiger charge is -2.38. The number of carbonyl (C=O) groups excluding carboxylic acids is 1. The highest BCUT2D eigenvalue weighted by molar-refractivity contribution is 5.84. The van der Waals surface area contributed by atoms with Crippen LogP contribution in [0, 0.1) is 0 Å². The fraction of sp³-hybridized carbons (Fsp3) is 0.917. The monoisotopic (exact) mass is 242 g/mol. The summed E-state index contributed by atoms with van der Waals surface area (Å²) >= 11 is 0. The molecule has 1 saturated carbocycles. The molecule has 1 unspecified atom stereocenters. The van der Waals surface area contributed by atoms with E-state index in [0.29, 0.717) is 19.0 Å². The number of hydrogen-bond donors (Lipinski definition) is 3. The first-order valence-corrected chi connectivity index (χ1v) is 6.46. The average molecular weight is 242 g/mol. The minimum atomic E-state index is -0.781. The second kappa shape index (κ2) is 4.92. The van der Waals surface area contributed by atoms with Gasteiger partial charge in [-0.2, -0.15) is 0 Å². The molecule has 2 aliphatic rings. The van der Waals surface area contributed by atoms with Crippen molar-refractivity contribution in [3.8, 4) is 0 Å². The molecule has 1 saturated heterocycles. The summed E-state index contributed by atoms with van der Waals surface area (Å²) in [6, 6.07) is 0.384. The maximum absolute atomic E-state index is 12.2. The third kappa shape index (κ3) is 2.32. The maximum atomic E-state index is 12.2. The van der Waals surface area contributed by atoms with Crippen molar-refractivity contribution in [2.24, 2.45) is 0 Å². The van der Waals surface area contributed by atoms with Gasteiger partial charge in [-0.1, -0.05) is 6.92 Å². The Morgan fingerprint density at radius 2 is 2.00 bits per heavy atom. The van der Waals surface area contributed by atoms with Gasteiger partial charge in [0.2, 0.25) is 5.91 Å². The molecule has 0 aromatic carbocycles. The van der Waals surface area contributed by atoms with E-state index < -0.39 is 5.54 Å². The van der Waals surface area contributed by atoms with E-state index in [0.717, 1.165) is 19.3 Å². The number of hydrogen-bond acceptors (Lipinski definition) is 4. The molecule has 1 aliphatic carbocycles. The van der Waals surface area contributed by atoms with Gasteiger partial charge in [0.25, 0.3) is 0 Å². The minimum absolute atomic E-state index is 0.0295.